The third kappa shape index (κ3) is 2.47. The van der Waals surface area contributed by atoms with Gasteiger partial charge in [0.2, 0.25) is 0 Å². The Labute approximate surface area is 87.7 Å². The van der Waals surface area contributed by atoms with Crippen molar-refractivity contribution < 1.29 is 4.57 Å². The Morgan fingerprint density at radius 3 is 2.75 bits per heavy atom. The number of hydrogen-bond donors (Lipinski definition) is 0. The van der Waals surface area contributed by atoms with Gasteiger partial charge in [0.15, 0.2) is 0 Å². The van der Waals surface area contributed by atoms with E-state index in [2.05, 4.69) is 58.1 Å². The maximum Gasteiger partial charge on any atom is 0.317 e. The zero-order chi connectivity index (χ0) is 8.97. The molecule has 0 atom stereocenters. The minimum atomic E-state index is 1.16. The molecule has 2 nitrogen and oxygen atoms in total. The molecule has 0 saturated carbocycles. The predicted octanol–water partition coefficient (Wildman–Crippen LogP) is 2.11. The van der Waals surface area contributed by atoms with Gasteiger partial charge in [0.05, 0.1) is 36.2 Å². The SMILES string of the molecule is CCCCCn1cc[n+](C)c1I. The molecule has 0 bridgehead atoms. The van der Waals surface area contributed by atoms with E-state index in [9.17, 15) is 0 Å². The molecule has 1 aromatic heterocycles. The number of imidazole rings is 1. The predicted molar refractivity (Wildman–Crippen MR) is 57.9 cm³/mol. The molecule has 0 unspecified atom stereocenters. The first-order chi connectivity index (χ1) is 5.75. The molecule has 1 rings (SSSR count). The fourth-order valence-electron chi connectivity index (χ4n) is 1.21. The standard InChI is InChI=1S/C9H16IN2/c1-3-4-5-6-12-8-7-11(2)9(12)10/h7-8H,3-6H2,1-2H3/q+1. The lowest BCUT2D eigenvalue weighted by molar-refractivity contribution is -0.684. The maximum absolute atomic E-state index is 2.38. The van der Waals surface area contributed by atoms with Crippen LogP contribution in [0.4, 0.5) is 0 Å². The van der Waals surface area contributed by atoms with Gasteiger partial charge in [0.25, 0.3) is 0 Å². The highest BCUT2D eigenvalue weighted by Crippen LogP contribution is 2.03. The molecule has 3 heteroatoms. The van der Waals surface area contributed by atoms with Gasteiger partial charge >= 0.3 is 3.83 Å². The first kappa shape index (κ1) is 10.0. The highest BCUT2D eigenvalue weighted by atomic mass is 127. The number of hydrogen-bond acceptors (Lipinski definition) is 0. The molecule has 0 radical (unpaired) electrons. The summed E-state index contributed by atoms with van der Waals surface area (Å²) < 4.78 is 5.76. The molecule has 0 amide bonds. The molecule has 0 aliphatic carbocycles. The van der Waals surface area contributed by atoms with Gasteiger partial charge in [-0.15, -0.1) is 0 Å². The smallest absolute Gasteiger partial charge is 0.228 e. The number of rotatable bonds is 4. The van der Waals surface area contributed by atoms with E-state index in [4.69, 9.17) is 0 Å². The highest BCUT2D eigenvalue weighted by Gasteiger charge is 2.08. The molecule has 12 heavy (non-hydrogen) atoms. The number of aryl methyl sites for hydroxylation is 2. The van der Waals surface area contributed by atoms with Crippen molar-refractivity contribution in [1.82, 2.24) is 4.57 Å². The number of halogens is 1. The van der Waals surface area contributed by atoms with Gasteiger partial charge in [0, 0.05) is 0 Å². The second-order valence-electron chi connectivity index (χ2n) is 3.08. The molecule has 0 aliphatic heterocycles. The van der Waals surface area contributed by atoms with E-state index in [1.807, 2.05) is 0 Å². The zero-order valence-corrected chi connectivity index (χ0v) is 9.91. The Kier molecular flexibility index (Phi) is 4.05. The van der Waals surface area contributed by atoms with E-state index < -0.39 is 0 Å². The number of unbranched alkanes of at least 4 members (excludes halogenated alkanes) is 2. The van der Waals surface area contributed by atoms with E-state index in [1.54, 1.807) is 0 Å². The van der Waals surface area contributed by atoms with Crippen LogP contribution in [0.1, 0.15) is 26.2 Å². The van der Waals surface area contributed by atoms with E-state index in [0.717, 1.165) is 6.54 Å². The molecule has 1 aromatic rings. The fraction of sp³-hybridized carbons (Fsp3) is 0.667. The van der Waals surface area contributed by atoms with Crippen molar-refractivity contribution in [2.75, 3.05) is 0 Å². The van der Waals surface area contributed by atoms with Crippen LogP contribution in [-0.2, 0) is 13.6 Å². The normalized spacial score (nSPS) is 10.6. The van der Waals surface area contributed by atoms with Crippen molar-refractivity contribution in [3.05, 3.63) is 16.2 Å². The summed E-state index contributed by atoms with van der Waals surface area (Å²) in [6.07, 6.45) is 8.17. The third-order valence-electron chi connectivity index (χ3n) is 2.00. The molecular formula is C9H16IN2+. The summed E-state index contributed by atoms with van der Waals surface area (Å²) in [4.78, 5) is 0. The number of nitrogens with zero attached hydrogens (tertiary/aromatic N) is 2. The summed E-state index contributed by atoms with van der Waals surface area (Å²) in [7, 11) is 2.08. The highest BCUT2D eigenvalue weighted by molar-refractivity contribution is 14.1. The summed E-state index contributed by atoms with van der Waals surface area (Å²) in [6, 6.07) is 0. The van der Waals surface area contributed by atoms with Crippen LogP contribution in [0.2, 0.25) is 0 Å². The molecule has 0 aromatic carbocycles. The molecule has 0 spiro atoms. The molecular weight excluding hydrogens is 263 g/mol. The van der Waals surface area contributed by atoms with Crippen LogP contribution >= 0.6 is 22.6 Å². The Morgan fingerprint density at radius 2 is 2.25 bits per heavy atom. The minimum Gasteiger partial charge on any atom is -0.228 e. The summed E-state index contributed by atoms with van der Waals surface area (Å²) in [5, 5.41) is 0. The van der Waals surface area contributed by atoms with E-state index in [-0.39, 0.29) is 0 Å². The monoisotopic (exact) mass is 279 g/mol. The van der Waals surface area contributed by atoms with Gasteiger partial charge in [-0.25, -0.2) is 9.13 Å². The maximum atomic E-state index is 2.38. The van der Waals surface area contributed by atoms with Crippen molar-refractivity contribution in [2.24, 2.45) is 7.05 Å². The van der Waals surface area contributed by atoms with Crippen LogP contribution in [0.5, 0.6) is 0 Å². The first-order valence-corrected chi connectivity index (χ1v) is 5.54. The van der Waals surface area contributed by atoms with Gasteiger partial charge in [-0.1, -0.05) is 13.3 Å². The van der Waals surface area contributed by atoms with E-state index in [1.165, 1.54) is 23.1 Å². The molecule has 68 valence electrons. The average molecular weight is 279 g/mol. The summed E-state index contributed by atoms with van der Waals surface area (Å²) in [5.41, 5.74) is 0. The van der Waals surface area contributed by atoms with Crippen molar-refractivity contribution >= 4 is 22.6 Å². The summed E-state index contributed by atoms with van der Waals surface area (Å²) >= 11 is 2.38. The first-order valence-electron chi connectivity index (χ1n) is 4.46. The quantitative estimate of drug-likeness (QED) is 0.453. The lowest BCUT2D eigenvalue weighted by Gasteiger charge is -1.96. The second kappa shape index (κ2) is 4.84. The fourth-order valence-corrected chi connectivity index (χ4v) is 1.77. The van der Waals surface area contributed by atoms with Crippen LogP contribution in [-0.4, -0.2) is 4.57 Å². The lowest BCUT2D eigenvalue weighted by atomic mass is 10.2. The van der Waals surface area contributed by atoms with Crippen LogP contribution < -0.4 is 4.57 Å². The Morgan fingerprint density at radius 1 is 1.50 bits per heavy atom. The molecule has 1 heterocycles. The topological polar surface area (TPSA) is 8.81 Å². The van der Waals surface area contributed by atoms with Gasteiger partial charge in [-0.05, 0) is 12.8 Å². The van der Waals surface area contributed by atoms with Crippen LogP contribution in [0.15, 0.2) is 12.4 Å². The third-order valence-corrected chi connectivity index (χ3v) is 3.38. The van der Waals surface area contributed by atoms with Gasteiger partial charge < -0.3 is 0 Å². The van der Waals surface area contributed by atoms with Crippen molar-refractivity contribution in [1.29, 1.82) is 0 Å². The molecule has 0 N–H and O–H groups in total. The molecule has 0 aliphatic rings. The van der Waals surface area contributed by atoms with Crippen molar-refractivity contribution in [3.8, 4) is 0 Å². The van der Waals surface area contributed by atoms with Crippen LogP contribution in [0.3, 0.4) is 0 Å². The second-order valence-corrected chi connectivity index (χ2v) is 4.04. The van der Waals surface area contributed by atoms with E-state index >= 15 is 0 Å². The average Bonchev–Trinajstić information content (AvgIpc) is 2.36. The van der Waals surface area contributed by atoms with E-state index in [0.29, 0.717) is 0 Å². The molecule has 0 saturated heterocycles. The summed E-state index contributed by atoms with van der Waals surface area (Å²) in [5.74, 6) is 0. The zero-order valence-electron chi connectivity index (χ0n) is 7.76. The Balaban J connectivity index is 2.46. The summed E-state index contributed by atoms with van der Waals surface area (Å²) in [6.45, 7) is 3.40. The van der Waals surface area contributed by atoms with Crippen LogP contribution in [0.25, 0.3) is 0 Å². The Bertz CT molecular complexity index is 243. The van der Waals surface area contributed by atoms with Crippen molar-refractivity contribution in [3.63, 3.8) is 0 Å². The van der Waals surface area contributed by atoms with Gasteiger partial charge in [-0.2, -0.15) is 0 Å². The lowest BCUT2D eigenvalue weighted by Crippen LogP contribution is -2.30. The molecule has 0 fully saturated rings. The van der Waals surface area contributed by atoms with Gasteiger partial charge in [0.1, 0.15) is 12.4 Å². The Hall–Kier alpha value is -0.0600. The van der Waals surface area contributed by atoms with Crippen LogP contribution in [0, 0.1) is 3.83 Å². The number of aromatic nitrogens is 2. The minimum absolute atomic E-state index is 1.16. The largest absolute Gasteiger partial charge is 0.317 e. The van der Waals surface area contributed by atoms with Gasteiger partial charge in [-0.3, -0.25) is 0 Å². The van der Waals surface area contributed by atoms with Crippen molar-refractivity contribution in [2.45, 2.75) is 32.7 Å².